The van der Waals surface area contributed by atoms with Crippen molar-refractivity contribution in [3.8, 4) is 5.75 Å². The molecule has 0 atom stereocenters. The maximum Gasteiger partial charge on any atom is 0.276 e. The molecular weight excluding hydrogens is 388 g/mol. The lowest BCUT2D eigenvalue weighted by Gasteiger charge is -2.16. The van der Waals surface area contributed by atoms with E-state index in [2.05, 4.69) is 15.4 Å². The molecule has 4 rings (SSSR count). The molecule has 3 aromatic rings. The first kappa shape index (κ1) is 19.9. The molecule has 3 N–H and O–H groups in total. The maximum absolute atomic E-state index is 13.0. The molecule has 10 nitrogen and oxygen atoms in total. The number of hydrogen-bond donors (Lipinski definition) is 2. The van der Waals surface area contributed by atoms with Crippen LogP contribution in [0.5, 0.6) is 5.75 Å². The SMILES string of the molecule is CCn1nc(C)cc1C(=O)Nc1nc2cc(C(N)=O)cc3c2n1CCCOCCO3. The van der Waals surface area contributed by atoms with Crippen molar-refractivity contribution < 1.29 is 19.1 Å². The highest BCUT2D eigenvalue weighted by atomic mass is 16.5. The number of aromatic nitrogens is 4. The third-order valence-corrected chi connectivity index (χ3v) is 4.91. The maximum atomic E-state index is 13.0. The van der Waals surface area contributed by atoms with E-state index in [0.29, 0.717) is 61.3 Å². The number of nitrogens with two attached hydrogens (primary N) is 1. The summed E-state index contributed by atoms with van der Waals surface area (Å²) in [7, 11) is 0. The van der Waals surface area contributed by atoms with E-state index in [1.807, 2.05) is 18.4 Å². The van der Waals surface area contributed by atoms with E-state index in [1.54, 1.807) is 22.9 Å². The van der Waals surface area contributed by atoms with Gasteiger partial charge in [-0.2, -0.15) is 5.10 Å². The second-order valence-corrected chi connectivity index (χ2v) is 7.05. The van der Waals surface area contributed by atoms with Crippen LogP contribution in [0.1, 0.15) is 39.9 Å². The van der Waals surface area contributed by atoms with Gasteiger partial charge in [0.1, 0.15) is 23.6 Å². The molecule has 0 aliphatic carbocycles. The molecule has 1 aliphatic rings. The van der Waals surface area contributed by atoms with E-state index < -0.39 is 5.91 Å². The molecule has 3 heterocycles. The van der Waals surface area contributed by atoms with Gasteiger partial charge in [-0.3, -0.25) is 19.6 Å². The first-order chi connectivity index (χ1) is 14.5. The van der Waals surface area contributed by atoms with Gasteiger partial charge < -0.3 is 19.8 Å². The van der Waals surface area contributed by atoms with E-state index in [9.17, 15) is 9.59 Å². The fourth-order valence-corrected chi connectivity index (χ4v) is 3.57. The predicted molar refractivity (Wildman–Crippen MR) is 110 cm³/mol. The topological polar surface area (TPSA) is 126 Å². The van der Waals surface area contributed by atoms with Crippen molar-refractivity contribution in [2.45, 2.75) is 33.4 Å². The normalized spacial score (nSPS) is 14.3. The molecule has 10 heteroatoms. The molecular formula is C20H24N6O4. The quantitative estimate of drug-likeness (QED) is 0.672. The monoisotopic (exact) mass is 412 g/mol. The Hall–Kier alpha value is -3.40. The molecule has 30 heavy (non-hydrogen) atoms. The minimum Gasteiger partial charge on any atom is -0.489 e. The number of imidazole rings is 1. The molecule has 0 spiro atoms. The third kappa shape index (κ3) is 3.73. The van der Waals surface area contributed by atoms with E-state index in [4.69, 9.17) is 15.2 Å². The number of carbonyl (C=O) groups excluding carboxylic acids is 2. The third-order valence-electron chi connectivity index (χ3n) is 4.91. The summed E-state index contributed by atoms with van der Waals surface area (Å²) in [5.74, 6) is -0.0414. The summed E-state index contributed by atoms with van der Waals surface area (Å²) in [6.45, 7) is 6.23. The Bertz CT molecular complexity index is 1120. The van der Waals surface area contributed by atoms with Crippen LogP contribution in [0.3, 0.4) is 0 Å². The van der Waals surface area contributed by atoms with Crippen molar-refractivity contribution in [1.29, 1.82) is 0 Å². The first-order valence-electron chi connectivity index (χ1n) is 9.88. The lowest BCUT2D eigenvalue weighted by molar-refractivity contribution is 0.0947. The summed E-state index contributed by atoms with van der Waals surface area (Å²) >= 11 is 0. The summed E-state index contributed by atoms with van der Waals surface area (Å²) < 4.78 is 14.9. The Labute approximate surface area is 172 Å². The molecule has 2 aromatic heterocycles. The first-order valence-corrected chi connectivity index (χ1v) is 9.88. The number of rotatable bonds is 4. The average Bonchev–Trinajstić information content (AvgIpc) is 3.27. The zero-order chi connectivity index (χ0) is 21.3. The second-order valence-electron chi connectivity index (χ2n) is 7.05. The number of primary amides is 1. The van der Waals surface area contributed by atoms with Gasteiger partial charge in [0.2, 0.25) is 11.9 Å². The molecule has 0 radical (unpaired) electrons. The number of ether oxygens (including phenoxy) is 2. The van der Waals surface area contributed by atoms with Crippen molar-refractivity contribution in [3.05, 3.63) is 35.2 Å². The van der Waals surface area contributed by atoms with Gasteiger partial charge in [0, 0.05) is 25.3 Å². The predicted octanol–water partition coefficient (Wildman–Crippen LogP) is 1.71. The largest absolute Gasteiger partial charge is 0.489 e. The van der Waals surface area contributed by atoms with Gasteiger partial charge in [0.15, 0.2) is 0 Å². The van der Waals surface area contributed by atoms with E-state index in [-0.39, 0.29) is 11.5 Å². The summed E-state index contributed by atoms with van der Waals surface area (Å²) in [5.41, 5.74) is 8.21. The lowest BCUT2D eigenvalue weighted by atomic mass is 10.1. The molecule has 1 aliphatic heterocycles. The summed E-state index contributed by atoms with van der Waals surface area (Å²) in [5, 5.41) is 7.21. The highest BCUT2D eigenvalue weighted by Gasteiger charge is 2.22. The molecule has 0 saturated carbocycles. The fourth-order valence-electron chi connectivity index (χ4n) is 3.57. The zero-order valence-electron chi connectivity index (χ0n) is 17.0. The molecule has 0 fully saturated rings. The van der Waals surface area contributed by atoms with Crippen molar-refractivity contribution in [1.82, 2.24) is 19.3 Å². The number of carbonyl (C=O) groups is 2. The Morgan fingerprint density at radius 2 is 2.07 bits per heavy atom. The van der Waals surface area contributed by atoms with Crippen LogP contribution >= 0.6 is 0 Å². The highest BCUT2D eigenvalue weighted by molar-refractivity contribution is 6.04. The summed E-state index contributed by atoms with van der Waals surface area (Å²) in [6.07, 6.45) is 0.733. The molecule has 0 saturated heterocycles. The number of aryl methyl sites for hydroxylation is 3. The van der Waals surface area contributed by atoms with Gasteiger partial charge in [0.25, 0.3) is 5.91 Å². The average molecular weight is 412 g/mol. The van der Waals surface area contributed by atoms with Crippen LogP contribution in [0.4, 0.5) is 5.95 Å². The number of amides is 2. The fraction of sp³-hybridized carbons (Fsp3) is 0.400. The van der Waals surface area contributed by atoms with Crippen LogP contribution in [0.2, 0.25) is 0 Å². The number of nitrogens with zero attached hydrogens (tertiary/aromatic N) is 4. The van der Waals surface area contributed by atoms with Crippen molar-refractivity contribution in [2.75, 3.05) is 25.1 Å². The van der Waals surface area contributed by atoms with E-state index in [1.165, 1.54) is 0 Å². The molecule has 2 amide bonds. The van der Waals surface area contributed by atoms with Gasteiger partial charge in [-0.05, 0) is 38.5 Å². The van der Waals surface area contributed by atoms with Gasteiger partial charge in [-0.15, -0.1) is 0 Å². The van der Waals surface area contributed by atoms with E-state index in [0.717, 1.165) is 12.1 Å². The molecule has 158 valence electrons. The van der Waals surface area contributed by atoms with Gasteiger partial charge in [-0.1, -0.05) is 0 Å². The standard InChI is InChI=1S/C20H24N6O4/c1-3-26-15(9-12(2)24-26)19(28)23-20-22-14-10-13(18(21)27)11-16-17(14)25(20)5-4-6-29-7-8-30-16/h9-11H,3-8H2,1-2H3,(H2,21,27)(H,22,23,28). The summed E-state index contributed by atoms with van der Waals surface area (Å²) in [4.78, 5) is 29.3. The van der Waals surface area contributed by atoms with Crippen LogP contribution in [0.15, 0.2) is 18.2 Å². The zero-order valence-corrected chi connectivity index (χ0v) is 17.0. The Morgan fingerprint density at radius 3 is 2.83 bits per heavy atom. The van der Waals surface area contributed by atoms with Crippen LogP contribution in [0, 0.1) is 6.92 Å². The Kier molecular flexibility index (Phi) is 5.40. The highest BCUT2D eigenvalue weighted by Crippen LogP contribution is 2.31. The number of benzene rings is 1. The van der Waals surface area contributed by atoms with Gasteiger partial charge in [0.05, 0.1) is 17.8 Å². The molecule has 1 aromatic carbocycles. The van der Waals surface area contributed by atoms with Crippen molar-refractivity contribution in [2.24, 2.45) is 5.73 Å². The summed E-state index contributed by atoms with van der Waals surface area (Å²) in [6, 6.07) is 4.95. The van der Waals surface area contributed by atoms with Crippen LogP contribution < -0.4 is 15.8 Å². The number of anilines is 1. The van der Waals surface area contributed by atoms with Gasteiger partial charge >= 0.3 is 0 Å². The molecule has 0 unspecified atom stereocenters. The van der Waals surface area contributed by atoms with E-state index >= 15 is 0 Å². The smallest absolute Gasteiger partial charge is 0.276 e. The van der Waals surface area contributed by atoms with Crippen molar-refractivity contribution in [3.63, 3.8) is 0 Å². The Morgan fingerprint density at radius 1 is 1.23 bits per heavy atom. The number of nitrogens with one attached hydrogen (secondary N) is 1. The van der Waals surface area contributed by atoms with Crippen LogP contribution in [0.25, 0.3) is 11.0 Å². The second kappa shape index (κ2) is 8.15. The lowest BCUT2D eigenvalue weighted by Crippen LogP contribution is -2.20. The van der Waals surface area contributed by atoms with Crippen LogP contribution in [-0.4, -0.2) is 51.0 Å². The minimum absolute atomic E-state index is 0.290. The Balaban J connectivity index is 1.80. The van der Waals surface area contributed by atoms with Gasteiger partial charge in [-0.25, -0.2) is 4.98 Å². The number of hydrogen-bond acceptors (Lipinski definition) is 6. The molecule has 0 bridgehead atoms. The van der Waals surface area contributed by atoms with Crippen LogP contribution in [-0.2, 0) is 17.8 Å². The minimum atomic E-state index is -0.576. The van der Waals surface area contributed by atoms with Crippen molar-refractivity contribution >= 4 is 28.8 Å².